The molecule has 1 atom stereocenters. The van der Waals surface area contributed by atoms with Crippen LogP contribution in [0.5, 0.6) is 0 Å². The summed E-state index contributed by atoms with van der Waals surface area (Å²) in [5, 5.41) is 2.64. The van der Waals surface area contributed by atoms with Crippen LogP contribution in [0.4, 0.5) is 16.2 Å². The molecule has 0 saturated carbocycles. The average Bonchev–Trinajstić information content (AvgIpc) is 2.86. The maximum Gasteiger partial charge on any atom is 0.411 e. The van der Waals surface area contributed by atoms with Crippen LogP contribution in [0, 0.1) is 5.92 Å². The van der Waals surface area contributed by atoms with Crippen molar-refractivity contribution in [2.45, 2.75) is 13.3 Å². The van der Waals surface area contributed by atoms with Crippen LogP contribution in [0.2, 0.25) is 0 Å². The molecule has 1 fully saturated rings. The van der Waals surface area contributed by atoms with Gasteiger partial charge >= 0.3 is 6.09 Å². The molecule has 2 amide bonds. The minimum Gasteiger partial charge on any atom is -0.453 e. The SMILES string of the molecule is COC(=O)Nc1cccc(N2CC(CSC(C)=O)CC2=O)c1. The molecule has 7 heteroatoms. The summed E-state index contributed by atoms with van der Waals surface area (Å²) in [6.45, 7) is 2.11. The van der Waals surface area contributed by atoms with Crippen molar-refractivity contribution in [3.63, 3.8) is 0 Å². The van der Waals surface area contributed by atoms with E-state index in [-0.39, 0.29) is 16.9 Å². The summed E-state index contributed by atoms with van der Waals surface area (Å²) in [5.74, 6) is 0.848. The number of rotatable bonds is 4. The fourth-order valence-corrected chi connectivity index (χ4v) is 2.99. The minimum absolute atomic E-state index is 0.0318. The molecule has 1 saturated heterocycles. The largest absolute Gasteiger partial charge is 0.453 e. The van der Waals surface area contributed by atoms with Crippen LogP contribution in [-0.2, 0) is 14.3 Å². The molecule has 1 aliphatic rings. The Hall–Kier alpha value is -2.02. The number of amides is 2. The van der Waals surface area contributed by atoms with E-state index < -0.39 is 6.09 Å². The van der Waals surface area contributed by atoms with Gasteiger partial charge in [-0.2, -0.15) is 0 Å². The number of methoxy groups -OCH3 is 1. The molecule has 6 nitrogen and oxygen atoms in total. The Morgan fingerprint density at radius 2 is 2.23 bits per heavy atom. The smallest absolute Gasteiger partial charge is 0.411 e. The van der Waals surface area contributed by atoms with Crippen molar-refractivity contribution in [3.8, 4) is 0 Å². The summed E-state index contributed by atoms with van der Waals surface area (Å²) in [4.78, 5) is 36.1. The Kier molecular flexibility index (Phi) is 5.43. The molecule has 118 valence electrons. The summed E-state index contributed by atoms with van der Waals surface area (Å²) in [6.07, 6.45) is -0.116. The van der Waals surface area contributed by atoms with Gasteiger partial charge in [0.2, 0.25) is 5.91 Å². The molecule has 1 aliphatic heterocycles. The summed E-state index contributed by atoms with van der Waals surface area (Å²) in [6, 6.07) is 7.05. The van der Waals surface area contributed by atoms with Gasteiger partial charge in [0, 0.05) is 37.0 Å². The minimum atomic E-state index is -0.555. The summed E-state index contributed by atoms with van der Waals surface area (Å²) in [5.41, 5.74) is 1.30. The first kappa shape index (κ1) is 16.4. The van der Waals surface area contributed by atoms with E-state index in [1.165, 1.54) is 25.8 Å². The second-order valence-electron chi connectivity index (χ2n) is 5.04. The van der Waals surface area contributed by atoms with Crippen LogP contribution in [-0.4, -0.2) is 36.5 Å². The molecule has 0 aliphatic carbocycles. The van der Waals surface area contributed by atoms with Gasteiger partial charge in [0.1, 0.15) is 0 Å². The first-order valence-corrected chi connectivity index (χ1v) is 7.87. The first-order valence-electron chi connectivity index (χ1n) is 6.88. The number of nitrogens with one attached hydrogen (secondary N) is 1. The molecule has 2 rings (SSSR count). The second-order valence-corrected chi connectivity index (χ2v) is 6.24. The molecule has 1 aromatic rings. The third kappa shape index (κ3) is 4.24. The Labute approximate surface area is 133 Å². The quantitative estimate of drug-likeness (QED) is 0.922. The van der Waals surface area contributed by atoms with Gasteiger partial charge < -0.3 is 9.64 Å². The predicted molar refractivity (Wildman–Crippen MR) is 86.1 cm³/mol. The van der Waals surface area contributed by atoms with Gasteiger partial charge in [0.25, 0.3) is 0 Å². The van der Waals surface area contributed by atoms with Gasteiger partial charge in [-0.05, 0) is 24.1 Å². The monoisotopic (exact) mass is 322 g/mol. The van der Waals surface area contributed by atoms with E-state index in [1.54, 1.807) is 23.1 Å². The standard InChI is InChI=1S/C15H18N2O4S/c1-10(18)22-9-11-6-14(19)17(8-11)13-5-3-4-12(7-13)16-15(20)21-2/h3-5,7,11H,6,8-9H2,1-2H3,(H,16,20). The van der Waals surface area contributed by atoms with Gasteiger partial charge in [-0.1, -0.05) is 17.8 Å². The molecule has 1 N–H and O–H groups in total. The van der Waals surface area contributed by atoms with E-state index in [1.807, 2.05) is 6.07 Å². The van der Waals surface area contributed by atoms with E-state index in [9.17, 15) is 14.4 Å². The lowest BCUT2D eigenvalue weighted by Gasteiger charge is -2.17. The molecular weight excluding hydrogens is 304 g/mol. The number of ether oxygens (including phenoxy) is 1. The third-order valence-electron chi connectivity index (χ3n) is 3.32. The van der Waals surface area contributed by atoms with Crippen LogP contribution < -0.4 is 10.2 Å². The molecule has 1 aromatic carbocycles. The van der Waals surface area contributed by atoms with E-state index in [2.05, 4.69) is 10.1 Å². The highest BCUT2D eigenvalue weighted by Gasteiger charge is 2.30. The maximum atomic E-state index is 12.1. The van der Waals surface area contributed by atoms with Crippen LogP contribution in [0.25, 0.3) is 0 Å². The summed E-state index contributed by atoms with van der Waals surface area (Å²) in [7, 11) is 1.29. The molecular formula is C15H18N2O4S. The zero-order valence-corrected chi connectivity index (χ0v) is 13.3. The highest BCUT2D eigenvalue weighted by Crippen LogP contribution is 2.29. The van der Waals surface area contributed by atoms with Gasteiger partial charge in [0.15, 0.2) is 5.12 Å². The van der Waals surface area contributed by atoms with E-state index in [4.69, 9.17) is 0 Å². The molecule has 0 aromatic heterocycles. The molecule has 1 heterocycles. The van der Waals surface area contributed by atoms with Crippen molar-refractivity contribution >= 4 is 40.3 Å². The molecule has 0 radical (unpaired) electrons. The third-order valence-corrected chi connectivity index (χ3v) is 4.36. The van der Waals surface area contributed by atoms with E-state index in [0.29, 0.717) is 24.4 Å². The van der Waals surface area contributed by atoms with E-state index in [0.717, 1.165) is 5.69 Å². The fraction of sp³-hybridized carbons (Fsp3) is 0.400. The van der Waals surface area contributed by atoms with Gasteiger partial charge in [0.05, 0.1) is 7.11 Å². The highest BCUT2D eigenvalue weighted by molar-refractivity contribution is 8.13. The van der Waals surface area contributed by atoms with Gasteiger partial charge in [-0.3, -0.25) is 14.9 Å². The van der Waals surface area contributed by atoms with E-state index >= 15 is 0 Å². The summed E-state index contributed by atoms with van der Waals surface area (Å²) < 4.78 is 4.55. The average molecular weight is 322 g/mol. The highest BCUT2D eigenvalue weighted by atomic mass is 32.2. The van der Waals surface area contributed by atoms with Crippen molar-refractivity contribution in [2.75, 3.05) is 29.6 Å². The van der Waals surface area contributed by atoms with Gasteiger partial charge in [-0.25, -0.2) is 4.79 Å². The lowest BCUT2D eigenvalue weighted by atomic mass is 10.1. The number of carbonyl (C=O) groups excluding carboxylic acids is 3. The van der Waals surface area contributed by atoms with Crippen molar-refractivity contribution in [1.82, 2.24) is 0 Å². The lowest BCUT2D eigenvalue weighted by Crippen LogP contribution is -2.25. The second kappa shape index (κ2) is 7.31. The van der Waals surface area contributed by atoms with Crippen LogP contribution in [0.1, 0.15) is 13.3 Å². The number of hydrogen-bond acceptors (Lipinski definition) is 5. The molecule has 22 heavy (non-hydrogen) atoms. The zero-order valence-electron chi connectivity index (χ0n) is 12.5. The number of anilines is 2. The zero-order chi connectivity index (χ0) is 16.1. The molecule has 0 spiro atoms. The van der Waals surface area contributed by atoms with Crippen molar-refractivity contribution in [1.29, 1.82) is 0 Å². The predicted octanol–water partition coefficient (Wildman–Crippen LogP) is 2.50. The maximum absolute atomic E-state index is 12.1. The van der Waals surface area contributed by atoms with Crippen LogP contribution in [0.15, 0.2) is 24.3 Å². The Morgan fingerprint density at radius 3 is 2.91 bits per heavy atom. The van der Waals surface area contributed by atoms with Crippen molar-refractivity contribution in [2.24, 2.45) is 5.92 Å². The fourth-order valence-electron chi connectivity index (χ4n) is 2.30. The van der Waals surface area contributed by atoms with Gasteiger partial charge in [-0.15, -0.1) is 0 Å². The Balaban J connectivity index is 2.05. The summed E-state index contributed by atoms with van der Waals surface area (Å²) >= 11 is 1.25. The number of carbonyl (C=O) groups is 3. The Bertz CT molecular complexity index is 591. The van der Waals surface area contributed by atoms with Crippen molar-refractivity contribution < 1.29 is 19.1 Å². The molecule has 0 bridgehead atoms. The first-order chi connectivity index (χ1) is 10.5. The number of benzene rings is 1. The lowest BCUT2D eigenvalue weighted by molar-refractivity contribution is -0.117. The van der Waals surface area contributed by atoms with Crippen molar-refractivity contribution in [3.05, 3.63) is 24.3 Å². The number of hydrogen-bond donors (Lipinski definition) is 1. The number of nitrogens with zero attached hydrogens (tertiary/aromatic N) is 1. The topological polar surface area (TPSA) is 75.7 Å². The van der Waals surface area contributed by atoms with Crippen LogP contribution >= 0.6 is 11.8 Å². The normalized spacial score (nSPS) is 17.5. The van der Waals surface area contributed by atoms with Crippen LogP contribution in [0.3, 0.4) is 0 Å². The Morgan fingerprint density at radius 1 is 1.45 bits per heavy atom. The molecule has 1 unspecified atom stereocenters. The number of thioether (sulfide) groups is 1.